The van der Waals surface area contributed by atoms with Gasteiger partial charge in [-0.1, -0.05) is 29.8 Å². The van der Waals surface area contributed by atoms with Gasteiger partial charge in [0, 0.05) is 11.4 Å². The Hall–Kier alpha value is -2.00. The predicted molar refractivity (Wildman–Crippen MR) is 86.9 cm³/mol. The van der Waals surface area contributed by atoms with E-state index >= 15 is 0 Å². The first-order valence-corrected chi connectivity index (χ1v) is 7.99. The fraction of sp³-hybridized carbons (Fsp3) is 0.375. The maximum Gasteiger partial charge on any atom is 0.330 e. The van der Waals surface area contributed by atoms with Gasteiger partial charge in [0.1, 0.15) is 12.3 Å². The van der Waals surface area contributed by atoms with Crippen LogP contribution in [0.2, 0.25) is 5.02 Å². The molecule has 1 aromatic carbocycles. The fourth-order valence-electron chi connectivity index (χ4n) is 2.70. The molecule has 134 valence electrons. The van der Waals surface area contributed by atoms with Gasteiger partial charge in [0.2, 0.25) is 5.82 Å². The number of halogens is 2. The summed E-state index contributed by atoms with van der Waals surface area (Å²) in [5, 5.41) is 10.0. The Morgan fingerprint density at radius 1 is 1.40 bits per heavy atom. The minimum Gasteiger partial charge on any atom is -0.394 e. The van der Waals surface area contributed by atoms with E-state index in [0.717, 1.165) is 16.3 Å². The molecular formula is C16H16ClFN2O5. The third-order valence-electron chi connectivity index (χ3n) is 4.01. The van der Waals surface area contributed by atoms with Crippen LogP contribution in [0.1, 0.15) is 18.2 Å². The second kappa shape index (κ2) is 7.49. The number of H-pyrrole nitrogens is 1. The molecule has 0 aliphatic carbocycles. The standard InChI is InChI=1S/C16H16ClFN2O5/c17-10-4-2-1-3-9(10)8-24-12-5-14(25-13(12)7-21)20-6-11(18)15(22)19-16(20)23/h1-4,6,12-14,21H,5,7-8H2,(H,19,22,23)/t12?,13-,14-/m0/s1. The van der Waals surface area contributed by atoms with Crippen LogP contribution in [0.4, 0.5) is 4.39 Å². The molecule has 3 rings (SSSR count). The maximum absolute atomic E-state index is 13.4. The van der Waals surface area contributed by atoms with E-state index in [1.807, 2.05) is 17.1 Å². The summed E-state index contributed by atoms with van der Waals surface area (Å²) in [6.45, 7) is -0.129. The summed E-state index contributed by atoms with van der Waals surface area (Å²) < 4.78 is 25.7. The lowest BCUT2D eigenvalue weighted by atomic mass is 10.1. The number of hydrogen-bond acceptors (Lipinski definition) is 5. The van der Waals surface area contributed by atoms with E-state index < -0.39 is 35.5 Å². The molecule has 2 heterocycles. The third-order valence-corrected chi connectivity index (χ3v) is 4.37. The molecule has 0 spiro atoms. The second-order valence-corrected chi connectivity index (χ2v) is 6.04. The zero-order chi connectivity index (χ0) is 18.0. The average molecular weight is 371 g/mol. The SMILES string of the molecule is O=c1[nH]c(=O)n([C@@H]2CC(OCc3ccccc3Cl)[C@H](CO)O2)cc1F. The van der Waals surface area contributed by atoms with Crippen molar-refractivity contribution in [2.45, 2.75) is 31.5 Å². The molecule has 1 aliphatic rings. The van der Waals surface area contributed by atoms with E-state index in [2.05, 4.69) is 0 Å². The number of hydrogen-bond donors (Lipinski definition) is 2. The molecule has 0 saturated carbocycles. The predicted octanol–water partition coefficient (Wildman–Crippen LogP) is 1.19. The van der Waals surface area contributed by atoms with E-state index in [-0.39, 0.29) is 19.6 Å². The molecule has 1 fully saturated rings. The molecular weight excluding hydrogens is 355 g/mol. The molecule has 2 aromatic rings. The van der Waals surface area contributed by atoms with Gasteiger partial charge >= 0.3 is 5.69 Å². The number of ether oxygens (including phenoxy) is 2. The Morgan fingerprint density at radius 3 is 2.88 bits per heavy atom. The summed E-state index contributed by atoms with van der Waals surface area (Å²) >= 11 is 6.08. The van der Waals surface area contributed by atoms with E-state index in [0.29, 0.717) is 5.02 Å². The van der Waals surface area contributed by atoms with Crippen molar-refractivity contribution in [1.82, 2.24) is 9.55 Å². The number of aliphatic hydroxyl groups is 1. The summed E-state index contributed by atoms with van der Waals surface area (Å²) in [6.07, 6.45) is -1.06. The van der Waals surface area contributed by atoms with Gasteiger partial charge in [-0.3, -0.25) is 14.3 Å². The summed E-state index contributed by atoms with van der Waals surface area (Å²) in [7, 11) is 0. The van der Waals surface area contributed by atoms with Crippen LogP contribution in [0.15, 0.2) is 40.1 Å². The molecule has 7 nitrogen and oxygen atoms in total. The lowest BCUT2D eigenvalue weighted by Gasteiger charge is -2.17. The maximum atomic E-state index is 13.4. The molecule has 0 amide bonds. The van der Waals surface area contributed by atoms with Crippen molar-refractivity contribution in [2.24, 2.45) is 0 Å². The minimum absolute atomic E-state index is 0.200. The smallest absolute Gasteiger partial charge is 0.330 e. The highest BCUT2D eigenvalue weighted by Crippen LogP contribution is 2.30. The van der Waals surface area contributed by atoms with Crippen LogP contribution in [-0.4, -0.2) is 33.5 Å². The third kappa shape index (κ3) is 3.82. The number of aliphatic hydroxyl groups excluding tert-OH is 1. The topological polar surface area (TPSA) is 93.6 Å². The van der Waals surface area contributed by atoms with Gasteiger partial charge in [0.25, 0.3) is 5.56 Å². The molecule has 9 heteroatoms. The van der Waals surface area contributed by atoms with Crippen LogP contribution in [0.25, 0.3) is 0 Å². The molecule has 3 atom stereocenters. The van der Waals surface area contributed by atoms with E-state index in [1.165, 1.54) is 0 Å². The normalized spacial score (nSPS) is 23.1. The van der Waals surface area contributed by atoms with Crippen LogP contribution in [0.5, 0.6) is 0 Å². The van der Waals surface area contributed by atoms with Gasteiger partial charge < -0.3 is 14.6 Å². The summed E-state index contributed by atoms with van der Waals surface area (Å²) in [5.74, 6) is -1.09. The Balaban J connectivity index is 1.75. The van der Waals surface area contributed by atoms with Crippen molar-refractivity contribution >= 4 is 11.6 Å². The lowest BCUT2D eigenvalue weighted by Crippen LogP contribution is -2.34. The van der Waals surface area contributed by atoms with Crippen LogP contribution in [0.3, 0.4) is 0 Å². The van der Waals surface area contributed by atoms with Crippen LogP contribution in [-0.2, 0) is 16.1 Å². The van der Waals surface area contributed by atoms with Crippen molar-refractivity contribution in [1.29, 1.82) is 0 Å². The Kier molecular flexibility index (Phi) is 5.33. The molecule has 2 N–H and O–H groups in total. The first-order chi connectivity index (χ1) is 12.0. The zero-order valence-electron chi connectivity index (χ0n) is 13.0. The van der Waals surface area contributed by atoms with Gasteiger partial charge in [0.15, 0.2) is 0 Å². The zero-order valence-corrected chi connectivity index (χ0v) is 13.8. The second-order valence-electron chi connectivity index (χ2n) is 5.63. The van der Waals surface area contributed by atoms with Gasteiger partial charge in [-0.2, -0.15) is 4.39 Å². The van der Waals surface area contributed by atoms with Gasteiger partial charge in [-0.05, 0) is 11.6 Å². The Bertz CT molecular complexity index is 868. The number of rotatable bonds is 5. The monoisotopic (exact) mass is 370 g/mol. The quantitative estimate of drug-likeness (QED) is 0.824. The molecule has 0 radical (unpaired) electrons. The number of nitrogens with zero attached hydrogens (tertiary/aromatic N) is 1. The summed E-state index contributed by atoms with van der Waals surface area (Å²) in [6, 6.07) is 7.17. The van der Waals surface area contributed by atoms with Crippen LogP contribution < -0.4 is 11.2 Å². The Labute approximate surface area is 146 Å². The van der Waals surface area contributed by atoms with Crippen molar-refractivity contribution in [3.8, 4) is 0 Å². The molecule has 0 bridgehead atoms. The van der Waals surface area contributed by atoms with Crippen molar-refractivity contribution < 1.29 is 19.0 Å². The van der Waals surface area contributed by atoms with Gasteiger partial charge in [-0.15, -0.1) is 0 Å². The van der Waals surface area contributed by atoms with E-state index in [9.17, 15) is 19.1 Å². The average Bonchev–Trinajstić information content (AvgIpc) is 3.00. The van der Waals surface area contributed by atoms with E-state index in [1.54, 1.807) is 12.1 Å². The summed E-state index contributed by atoms with van der Waals surface area (Å²) in [4.78, 5) is 24.8. The van der Waals surface area contributed by atoms with Crippen molar-refractivity contribution in [3.05, 3.63) is 67.7 Å². The minimum atomic E-state index is -1.09. The van der Waals surface area contributed by atoms with E-state index in [4.69, 9.17) is 21.1 Å². The number of benzene rings is 1. The first-order valence-electron chi connectivity index (χ1n) is 7.62. The number of aromatic nitrogens is 2. The van der Waals surface area contributed by atoms with Crippen LogP contribution in [0, 0.1) is 5.82 Å². The highest BCUT2D eigenvalue weighted by atomic mass is 35.5. The van der Waals surface area contributed by atoms with Gasteiger partial charge in [-0.25, -0.2) is 4.79 Å². The van der Waals surface area contributed by atoms with Crippen LogP contribution >= 0.6 is 11.6 Å². The summed E-state index contributed by atoms with van der Waals surface area (Å²) in [5.41, 5.74) is -1.11. The highest BCUT2D eigenvalue weighted by Gasteiger charge is 2.37. The molecule has 1 unspecified atom stereocenters. The highest BCUT2D eigenvalue weighted by molar-refractivity contribution is 6.31. The molecule has 1 aromatic heterocycles. The number of nitrogens with one attached hydrogen (secondary N) is 1. The molecule has 1 aliphatic heterocycles. The fourth-order valence-corrected chi connectivity index (χ4v) is 2.89. The largest absolute Gasteiger partial charge is 0.394 e. The van der Waals surface area contributed by atoms with Crippen molar-refractivity contribution in [3.63, 3.8) is 0 Å². The molecule has 1 saturated heterocycles. The number of aromatic amines is 1. The molecule has 25 heavy (non-hydrogen) atoms. The van der Waals surface area contributed by atoms with Crippen molar-refractivity contribution in [2.75, 3.05) is 6.61 Å². The Morgan fingerprint density at radius 2 is 2.16 bits per heavy atom. The van der Waals surface area contributed by atoms with Gasteiger partial charge in [0.05, 0.1) is 25.5 Å². The lowest BCUT2D eigenvalue weighted by molar-refractivity contribution is -0.0659. The first kappa shape index (κ1) is 17.8.